The Morgan fingerprint density at radius 3 is 1.41 bits per heavy atom. The maximum absolute atomic E-state index is 2.45. The topological polar surface area (TPSA) is 0 Å². The van der Waals surface area contributed by atoms with Crippen LogP contribution in [0.25, 0.3) is 0 Å². The molecule has 32 heavy (non-hydrogen) atoms. The molecule has 0 aromatic heterocycles. The molecule has 4 heteroatoms. The Morgan fingerprint density at radius 1 is 0.781 bits per heavy atom. The molecule has 0 spiro atoms. The molecule has 4 aliphatic rings. The summed E-state index contributed by atoms with van der Waals surface area (Å²) in [5, 5.41) is 0. The fourth-order valence-corrected chi connectivity index (χ4v) is 5.31. The largest absolute Gasteiger partial charge is 1.00 e. The molecule has 2 fully saturated rings. The Kier molecular flexibility index (Phi) is 14.6. The van der Waals surface area contributed by atoms with Crippen molar-refractivity contribution in [3.05, 3.63) is 60.4 Å². The molecule has 0 nitrogen and oxygen atoms in total. The molecule has 180 valence electrons. The van der Waals surface area contributed by atoms with E-state index in [1.807, 2.05) is 0 Å². The predicted molar refractivity (Wildman–Crippen MR) is 132 cm³/mol. The van der Waals surface area contributed by atoms with Gasteiger partial charge < -0.3 is 24.8 Å². The molecule has 2 saturated carbocycles. The quantitative estimate of drug-likeness (QED) is 0.290. The molecule has 0 radical (unpaired) electrons. The van der Waals surface area contributed by atoms with Crippen molar-refractivity contribution in [3.8, 4) is 0 Å². The summed E-state index contributed by atoms with van der Waals surface area (Å²) in [6, 6.07) is 0. The van der Waals surface area contributed by atoms with Crippen LogP contribution in [0.15, 0.2) is 47.6 Å². The summed E-state index contributed by atoms with van der Waals surface area (Å²) < 4.78 is 0. The molecule has 0 aromatic rings. The minimum absolute atomic E-state index is 0. The van der Waals surface area contributed by atoms with Crippen LogP contribution in [-0.2, 0) is 21.6 Å². The monoisotopic (exact) mass is 614 g/mol. The van der Waals surface area contributed by atoms with E-state index >= 15 is 0 Å². The van der Waals surface area contributed by atoms with Gasteiger partial charge in [-0.05, 0) is 35.5 Å². The van der Waals surface area contributed by atoms with Gasteiger partial charge in [-0.25, -0.2) is 36.1 Å². The molecule has 0 aliphatic heterocycles. The average Bonchev–Trinajstić information content (AvgIpc) is 3.11. The Balaban J connectivity index is 0.000000490. The van der Waals surface area contributed by atoms with E-state index in [9.17, 15) is 0 Å². The van der Waals surface area contributed by atoms with Crippen LogP contribution in [0.1, 0.15) is 67.2 Å². The zero-order chi connectivity index (χ0) is 22.5. The van der Waals surface area contributed by atoms with Crippen molar-refractivity contribution >= 4 is 9.98 Å². The summed E-state index contributed by atoms with van der Waals surface area (Å²) in [6.07, 6.45) is 23.7. The molecule has 0 N–H and O–H groups in total. The predicted octanol–water partition coefficient (Wildman–Crippen LogP) is 2.31. The molecule has 4 aliphatic carbocycles. The average molecular weight is 615 g/mol. The number of allylic oxidation sites excluding steroid dienone is 8. The first kappa shape index (κ1) is 32.7. The van der Waals surface area contributed by atoms with Crippen LogP contribution in [-0.4, -0.2) is 9.98 Å². The first-order valence-corrected chi connectivity index (χ1v) is 23.5. The molecule has 0 heterocycles. The number of hydrogen-bond donors (Lipinski definition) is 0. The second-order valence-corrected chi connectivity index (χ2v) is 28.4. The third-order valence-corrected chi connectivity index (χ3v) is 7.00. The van der Waals surface area contributed by atoms with Crippen molar-refractivity contribution < 1.29 is 46.4 Å². The van der Waals surface area contributed by atoms with E-state index in [2.05, 4.69) is 102 Å². The van der Waals surface area contributed by atoms with Gasteiger partial charge in [-0.1, -0.05) is 66.2 Å². The van der Waals surface area contributed by atoms with Crippen LogP contribution in [0.3, 0.4) is 0 Å². The third-order valence-electron chi connectivity index (χ3n) is 7.00. The van der Waals surface area contributed by atoms with Crippen LogP contribution in [0, 0.1) is 47.3 Å². The van der Waals surface area contributed by atoms with Crippen molar-refractivity contribution in [1.29, 1.82) is 0 Å². The Labute approximate surface area is 228 Å². The van der Waals surface area contributed by atoms with E-state index < -0.39 is 0 Å². The molecule has 4 rings (SSSR count). The van der Waals surface area contributed by atoms with Crippen molar-refractivity contribution in [2.45, 2.75) is 78.7 Å². The number of fused-ring (bicyclic) bond motifs is 2. The van der Waals surface area contributed by atoms with Crippen molar-refractivity contribution in [3.63, 3.8) is 0 Å². The molecular weight excluding hydrogens is 571 g/mol. The van der Waals surface area contributed by atoms with Crippen LogP contribution < -0.4 is 24.8 Å². The van der Waals surface area contributed by atoms with Gasteiger partial charge in [-0.2, -0.15) is 0 Å². The van der Waals surface area contributed by atoms with Gasteiger partial charge in [-0.3, -0.25) is 0 Å². The van der Waals surface area contributed by atoms with E-state index in [0.29, 0.717) is 10.8 Å². The molecule has 4 atom stereocenters. The summed E-state index contributed by atoms with van der Waals surface area (Å²) in [7, 11) is -0.243. The van der Waals surface area contributed by atoms with E-state index in [-0.39, 0.29) is 34.8 Å². The van der Waals surface area contributed by atoms with Gasteiger partial charge in [0, 0.05) is 0 Å². The molecule has 0 aromatic carbocycles. The van der Waals surface area contributed by atoms with E-state index in [1.54, 1.807) is 32.7 Å². The van der Waals surface area contributed by atoms with Crippen molar-refractivity contribution in [2.75, 3.05) is 0 Å². The summed E-state index contributed by atoms with van der Waals surface area (Å²) in [5.41, 5.74) is 4.07. The zero-order valence-corrected chi connectivity index (χ0v) is 27.6. The maximum atomic E-state index is 2.45. The van der Waals surface area contributed by atoms with Gasteiger partial charge in [-0.15, -0.1) is 24.3 Å². The summed E-state index contributed by atoms with van der Waals surface area (Å²) in [6.45, 7) is 14.2. The summed E-state index contributed by atoms with van der Waals surface area (Å²) >= 11 is 1.80. The van der Waals surface area contributed by atoms with Crippen molar-refractivity contribution in [1.82, 2.24) is 0 Å². The maximum Gasteiger partial charge on any atom is -1.00 e. The fourth-order valence-electron chi connectivity index (χ4n) is 5.31. The zero-order valence-electron chi connectivity index (χ0n) is 21.5. The third kappa shape index (κ3) is 9.75. The van der Waals surface area contributed by atoms with Gasteiger partial charge in [0.05, 0.1) is 0 Å². The Morgan fingerprint density at radius 2 is 1.09 bits per heavy atom. The smallest absolute Gasteiger partial charge is 1.00 e. The van der Waals surface area contributed by atoms with E-state index in [4.69, 9.17) is 0 Å². The second-order valence-electron chi connectivity index (χ2n) is 11.4. The molecule has 0 amide bonds. The Bertz CT molecular complexity index is 670. The molecule has 4 unspecified atom stereocenters. The first-order chi connectivity index (χ1) is 13.9. The van der Waals surface area contributed by atoms with Gasteiger partial charge in [0.15, 0.2) is 0 Å². The van der Waals surface area contributed by atoms with Crippen molar-refractivity contribution in [2.24, 2.45) is 34.5 Å². The van der Waals surface area contributed by atoms with E-state index in [1.165, 1.54) is 25.7 Å². The van der Waals surface area contributed by atoms with E-state index in [0.717, 1.165) is 23.7 Å². The van der Waals surface area contributed by atoms with Crippen LogP contribution in [0.2, 0.25) is 11.5 Å². The normalized spacial score (nSPS) is 30.2. The summed E-state index contributed by atoms with van der Waals surface area (Å²) in [5.74, 6) is 7.88. The number of hydrogen-bond acceptors (Lipinski definition) is 0. The molecular formula is C28H44Cl2GeZr-2. The minimum Gasteiger partial charge on any atom is -1.00 e. The van der Waals surface area contributed by atoms with Crippen LogP contribution in [0.5, 0.6) is 0 Å². The van der Waals surface area contributed by atoms with Crippen LogP contribution >= 0.6 is 0 Å². The Hall–Kier alpha value is 0.706. The number of rotatable bonds is 0. The van der Waals surface area contributed by atoms with Gasteiger partial charge >= 0.3 is 43.1 Å². The standard InChI is InChI=1S/2C13H19.C2H6Ge.2ClH.Zr/c2*1-10-8-11-6-4-5-7-13(2,3)12(11)9-10;1-3-2;;;/h2*4-6,8,10,12H,7,9H2,1-3H3;1-2H3;2*1H;/q2*-1;;;;+2/p-2. The SMILES string of the molecule is CC1[CH-]C2=CC=CCC(C)(C)C2C1.CC1[CH-]C2=CC=CCC(C)(C)C2C1.[CH3][Ge]([CH3])=[Zr+2].[Cl-].[Cl-]. The minimum atomic E-state index is -0.243. The van der Waals surface area contributed by atoms with Crippen LogP contribution in [0.4, 0.5) is 0 Å². The molecule has 0 bridgehead atoms. The molecule has 0 saturated heterocycles. The fraction of sp³-hybridized carbons (Fsp3) is 0.643. The van der Waals surface area contributed by atoms with Gasteiger partial charge in [0.25, 0.3) is 0 Å². The number of halogens is 2. The van der Waals surface area contributed by atoms with Gasteiger partial charge in [0.1, 0.15) is 0 Å². The second kappa shape index (κ2) is 14.3. The summed E-state index contributed by atoms with van der Waals surface area (Å²) in [4.78, 5) is 0. The first-order valence-electron chi connectivity index (χ1n) is 11.9. The van der Waals surface area contributed by atoms with Gasteiger partial charge in [0.2, 0.25) is 0 Å².